The first kappa shape index (κ1) is 10.6. The fourth-order valence-corrected chi connectivity index (χ4v) is 2.70. The predicted octanol–water partition coefficient (Wildman–Crippen LogP) is 0.648. The molecule has 4 heteroatoms. The van der Waals surface area contributed by atoms with Gasteiger partial charge < -0.3 is 15.7 Å². The van der Waals surface area contributed by atoms with E-state index in [1.807, 2.05) is 13.0 Å². The van der Waals surface area contributed by atoms with E-state index in [2.05, 4.69) is 10.6 Å². The summed E-state index contributed by atoms with van der Waals surface area (Å²) in [5, 5.41) is 16.0. The molecule has 1 heterocycles. The summed E-state index contributed by atoms with van der Waals surface area (Å²) in [5.41, 5.74) is 1.32. The standard InChI is InChI=1S/C13H16N2O2/c1-7-2-3-8(11(16)4-7)13(17)15-12-9-5-14-6-10(9)12/h2-4,9-10,12,14,16H,5-6H2,1H3,(H,15,17). The van der Waals surface area contributed by atoms with Crippen LogP contribution < -0.4 is 10.6 Å². The monoisotopic (exact) mass is 232 g/mol. The lowest BCUT2D eigenvalue weighted by molar-refractivity contribution is 0.0944. The van der Waals surface area contributed by atoms with Gasteiger partial charge in [0.1, 0.15) is 5.75 Å². The molecule has 1 aromatic carbocycles. The number of piperidine rings is 1. The van der Waals surface area contributed by atoms with Crippen molar-refractivity contribution in [2.24, 2.45) is 11.8 Å². The van der Waals surface area contributed by atoms with Gasteiger partial charge in [0.25, 0.3) is 5.91 Å². The van der Waals surface area contributed by atoms with Crippen LogP contribution >= 0.6 is 0 Å². The molecule has 2 unspecified atom stereocenters. The number of rotatable bonds is 2. The number of fused-ring (bicyclic) bond motifs is 1. The van der Waals surface area contributed by atoms with Crippen molar-refractivity contribution in [1.82, 2.24) is 10.6 Å². The quantitative estimate of drug-likeness (QED) is 0.701. The van der Waals surface area contributed by atoms with Crippen LogP contribution in [0.25, 0.3) is 0 Å². The number of aromatic hydroxyl groups is 1. The molecule has 2 fully saturated rings. The van der Waals surface area contributed by atoms with Crippen molar-refractivity contribution in [3.63, 3.8) is 0 Å². The summed E-state index contributed by atoms with van der Waals surface area (Å²) in [6.07, 6.45) is 0. The van der Waals surface area contributed by atoms with Gasteiger partial charge in [-0.1, -0.05) is 6.07 Å². The van der Waals surface area contributed by atoms with Crippen molar-refractivity contribution in [3.05, 3.63) is 29.3 Å². The Morgan fingerprint density at radius 3 is 2.76 bits per heavy atom. The molecule has 1 saturated heterocycles. The molecule has 1 saturated carbocycles. The first-order chi connectivity index (χ1) is 8.16. The molecular formula is C13H16N2O2. The average molecular weight is 232 g/mol. The molecule has 3 N–H and O–H groups in total. The van der Waals surface area contributed by atoms with Crippen LogP contribution in [-0.4, -0.2) is 30.1 Å². The minimum absolute atomic E-state index is 0.0615. The molecule has 0 bridgehead atoms. The molecule has 4 nitrogen and oxygen atoms in total. The van der Waals surface area contributed by atoms with E-state index in [0.717, 1.165) is 18.7 Å². The highest BCUT2D eigenvalue weighted by atomic mass is 16.3. The third-order valence-corrected chi connectivity index (χ3v) is 3.79. The molecule has 90 valence electrons. The van der Waals surface area contributed by atoms with Crippen LogP contribution in [0, 0.1) is 18.8 Å². The van der Waals surface area contributed by atoms with Crippen LogP contribution in [0.15, 0.2) is 18.2 Å². The minimum Gasteiger partial charge on any atom is -0.507 e. The Bertz CT molecular complexity index is 462. The lowest BCUT2D eigenvalue weighted by atomic mass is 10.1. The molecule has 2 aliphatic rings. The Hall–Kier alpha value is -1.55. The number of hydrogen-bond acceptors (Lipinski definition) is 3. The molecule has 1 aliphatic heterocycles. The molecule has 1 aromatic rings. The fourth-order valence-electron chi connectivity index (χ4n) is 2.70. The Balaban J connectivity index is 1.70. The zero-order valence-electron chi connectivity index (χ0n) is 9.73. The molecule has 0 radical (unpaired) electrons. The smallest absolute Gasteiger partial charge is 0.255 e. The lowest BCUT2D eigenvalue weighted by Crippen LogP contribution is -2.32. The first-order valence-electron chi connectivity index (χ1n) is 5.98. The van der Waals surface area contributed by atoms with E-state index >= 15 is 0 Å². The van der Waals surface area contributed by atoms with Gasteiger partial charge in [0, 0.05) is 19.1 Å². The second-order valence-electron chi connectivity index (χ2n) is 5.01. The maximum absolute atomic E-state index is 12.0. The maximum atomic E-state index is 12.0. The number of amides is 1. The summed E-state index contributed by atoms with van der Waals surface area (Å²) in [6.45, 7) is 3.88. The zero-order valence-corrected chi connectivity index (χ0v) is 9.73. The van der Waals surface area contributed by atoms with Crippen LogP contribution in [0.5, 0.6) is 5.75 Å². The average Bonchev–Trinajstić information content (AvgIpc) is 2.74. The second kappa shape index (κ2) is 3.74. The fraction of sp³-hybridized carbons (Fsp3) is 0.462. The van der Waals surface area contributed by atoms with E-state index in [1.54, 1.807) is 12.1 Å². The van der Waals surface area contributed by atoms with Gasteiger partial charge in [-0.2, -0.15) is 0 Å². The van der Waals surface area contributed by atoms with Crippen LogP contribution in [0.4, 0.5) is 0 Å². The largest absolute Gasteiger partial charge is 0.507 e. The number of carbonyl (C=O) groups is 1. The van der Waals surface area contributed by atoms with Crippen molar-refractivity contribution < 1.29 is 9.90 Å². The number of benzene rings is 1. The highest BCUT2D eigenvalue weighted by Crippen LogP contribution is 2.41. The first-order valence-corrected chi connectivity index (χ1v) is 5.98. The van der Waals surface area contributed by atoms with E-state index in [9.17, 15) is 9.90 Å². The van der Waals surface area contributed by atoms with Crippen molar-refractivity contribution in [3.8, 4) is 5.75 Å². The second-order valence-corrected chi connectivity index (χ2v) is 5.01. The number of phenols is 1. The SMILES string of the molecule is Cc1ccc(C(=O)NC2C3CNCC32)c(O)c1. The maximum Gasteiger partial charge on any atom is 0.255 e. The third kappa shape index (κ3) is 1.78. The Morgan fingerprint density at radius 2 is 2.12 bits per heavy atom. The van der Waals surface area contributed by atoms with E-state index in [0.29, 0.717) is 23.4 Å². The van der Waals surface area contributed by atoms with E-state index in [4.69, 9.17) is 0 Å². The topological polar surface area (TPSA) is 61.4 Å². The zero-order chi connectivity index (χ0) is 12.0. The normalized spacial score (nSPS) is 29.8. The Morgan fingerprint density at radius 1 is 1.41 bits per heavy atom. The van der Waals surface area contributed by atoms with Crippen LogP contribution in [-0.2, 0) is 0 Å². The van der Waals surface area contributed by atoms with Gasteiger partial charge in [0.15, 0.2) is 0 Å². The molecule has 2 atom stereocenters. The van der Waals surface area contributed by atoms with Gasteiger partial charge in [0.2, 0.25) is 0 Å². The summed E-state index contributed by atoms with van der Waals surface area (Å²) in [5.74, 6) is 1.08. The Labute approximate surface area is 100 Å². The van der Waals surface area contributed by atoms with Crippen molar-refractivity contribution in [2.75, 3.05) is 13.1 Å². The van der Waals surface area contributed by atoms with Crippen molar-refractivity contribution in [2.45, 2.75) is 13.0 Å². The van der Waals surface area contributed by atoms with E-state index in [-0.39, 0.29) is 11.7 Å². The van der Waals surface area contributed by atoms with Gasteiger partial charge >= 0.3 is 0 Å². The highest BCUT2D eigenvalue weighted by molar-refractivity contribution is 5.97. The highest BCUT2D eigenvalue weighted by Gasteiger charge is 2.53. The Kier molecular flexibility index (Phi) is 2.33. The van der Waals surface area contributed by atoms with Gasteiger partial charge in [0.05, 0.1) is 5.56 Å². The summed E-state index contributed by atoms with van der Waals surface area (Å²) >= 11 is 0. The number of aryl methyl sites for hydroxylation is 1. The van der Waals surface area contributed by atoms with Gasteiger partial charge in [-0.15, -0.1) is 0 Å². The van der Waals surface area contributed by atoms with Gasteiger partial charge in [-0.3, -0.25) is 4.79 Å². The molecule has 1 amide bonds. The molecule has 0 spiro atoms. The molecule has 17 heavy (non-hydrogen) atoms. The number of phenolic OH excluding ortho intramolecular Hbond substituents is 1. The van der Waals surface area contributed by atoms with Crippen molar-refractivity contribution in [1.29, 1.82) is 0 Å². The van der Waals surface area contributed by atoms with Crippen LogP contribution in [0.1, 0.15) is 15.9 Å². The summed E-state index contributed by atoms with van der Waals surface area (Å²) in [6, 6.07) is 5.43. The summed E-state index contributed by atoms with van der Waals surface area (Å²) < 4.78 is 0. The van der Waals surface area contributed by atoms with E-state index in [1.165, 1.54) is 0 Å². The predicted molar refractivity (Wildman–Crippen MR) is 63.9 cm³/mol. The minimum atomic E-state index is -0.165. The molecular weight excluding hydrogens is 216 g/mol. The third-order valence-electron chi connectivity index (χ3n) is 3.79. The number of nitrogens with one attached hydrogen (secondary N) is 2. The van der Waals surface area contributed by atoms with Crippen LogP contribution in [0.3, 0.4) is 0 Å². The lowest BCUT2D eigenvalue weighted by Gasteiger charge is -2.09. The molecule has 0 aromatic heterocycles. The number of carbonyl (C=O) groups excluding carboxylic acids is 1. The summed E-state index contributed by atoms with van der Waals surface area (Å²) in [4.78, 5) is 12.0. The molecule has 1 aliphatic carbocycles. The summed E-state index contributed by atoms with van der Waals surface area (Å²) in [7, 11) is 0. The van der Waals surface area contributed by atoms with E-state index < -0.39 is 0 Å². The van der Waals surface area contributed by atoms with Crippen LogP contribution in [0.2, 0.25) is 0 Å². The van der Waals surface area contributed by atoms with Gasteiger partial charge in [-0.05, 0) is 36.5 Å². The molecule has 3 rings (SSSR count). The van der Waals surface area contributed by atoms with Crippen molar-refractivity contribution >= 4 is 5.91 Å². The van der Waals surface area contributed by atoms with Gasteiger partial charge in [-0.25, -0.2) is 0 Å². The number of hydrogen-bond donors (Lipinski definition) is 3.